The van der Waals surface area contributed by atoms with Gasteiger partial charge in [0.15, 0.2) is 0 Å². The summed E-state index contributed by atoms with van der Waals surface area (Å²) in [6, 6.07) is 23.2. The van der Waals surface area contributed by atoms with E-state index in [9.17, 15) is 4.79 Å². The predicted octanol–water partition coefficient (Wildman–Crippen LogP) is 4.69. The van der Waals surface area contributed by atoms with E-state index in [1.54, 1.807) is 12.1 Å². The number of ether oxygens (including phenoxy) is 2. The molecule has 0 fully saturated rings. The van der Waals surface area contributed by atoms with E-state index in [4.69, 9.17) is 9.47 Å². The highest BCUT2D eigenvalue weighted by atomic mass is 16.5. The van der Waals surface area contributed by atoms with Gasteiger partial charge in [0.1, 0.15) is 24.7 Å². The van der Waals surface area contributed by atoms with Gasteiger partial charge in [0.25, 0.3) is 5.91 Å². The zero-order chi connectivity index (χ0) is 19.8. The quantitative estimate of drug-likeness (QED) is 0.581. The summed E-state index contributed by atoms with van der Waals surface area (Å²) in [5.74, 6) is 1.37. The Balaban J connectivity index is 1.47. The van der Waals surface area contributed by atoms with E-state index < -0.39 is 0 Å². The van der Waals surface area contributed by atoms with Crippen LogP contribution in [0.25, 0.3) is 0 Å². The highest BCUT2D eigenvalue weighted by Crippen LogP contribution is 2.18. The number of hydrogen-bond donors (Lipinski definition) is 1. The molecule has 0 saturated heterocycles. The van der Waals surface area contributed by atoms with Crippen molar-refractivity contribution in [2.45, 2.75) is 20.5 Å². The molecule has 3 aromatic rings. The first kappa shape index (κ1) is 19.5. The molecule has 0 heterocycles. The molecule has 3 aromatic carbocycles. The molecule has 0 atom stereocenters. The maximum absolute atomic E-state index is 12.4. The largest absolute Gasteiger partial charge is 0.491 e. The zero-order valence-corrected chi connectivity index (χ0v) is 16.3. The van der Waals surface area contributed by atoms with E-state index in [0.717, 1.165) is 16.9 Å². The fourth-order valence-electron chi connectivity index (χ4n) is 2.86. The SMILES string of the molecule is Cc1ccc(OCCNC(=O)c2cccc(OCc3ccccc3)c2)c(C)c1. The van der Waals surface area contributed by atoms with Crippen LogP contribution >= 0.6 is 0 Å². The summed E-state index contributed by atoms with van der Waals surface area (Å²) >= 11 is 0. The molecule has 0 aliphatic heterocycles. The van der Waals surface area contributed by atoms with E-state index in [0.29, 0.717) is 31.1 Å². The number of carbonyl (C=O) groups is 1. The Bertz CT molecular complexity index is 922. The third-order valence-electron chi connectivity index (χ3n) is 4.32. The van der Waals surface area contributed by atoms with Gasteiger partial charge in [-0.2, -0.15) is 0 Å². The second-order valence-corrected chi connectivity index (χ2v) is 6.68. The maximum Gasteiger partial charge on any atom is 0.251 e. The molecule has 0 aromatic heterocycles. The summed E-state index contributed by atoms with van der Waals surface area (Å²) in [4.78, 5) is 12.4. The van der Waals surface area contributed by atoms with Crippen molar-refractivity contribution in [1.82, 2.24) is 5.32 Å². The van der Waals surface area contributed by atoms with Crippen LogP contribution in [0.1, 0.15) is 27.0 Å². The molecule has 0 aliphatic carbocycles. The summed E-state index contributed by atoms with van der Waals surface area (Å²) in [5.41, 5.74) is 3.94. The van der Waals surface area contributed by atoms with E-state index >= 15 is 0 Å². The number of aryl methyl sites for hydroxylation is 2. The average molecular weight is 375 g/mol. The van der Waals surface area contributed by atoms with Crippen molar-refractivity contribution in [3.05, 3.63) is 95.1 Å². The Kier molecular flexibility index (Phi) is 6.68. The van der Waals surface area contributed by atoms with Crippen LogP contribution in [0.15, 0.2) is 72.8 Å². The van der Waals surface area contributed by atoms with Gasteiger partial charge in [-0.15, -0.1) is 0 Å². The molecule has 0 spiro atoms. The second kappa shape index (κ2) is 9.60. The molecular formula is C24H25NO3. The molecule has 0 bridgehead atoms. The zero-order valence-electron chi connectivity index (χ0n) is 16.3. The second-order valence-electron chi connectivity index (χ2n) is 6.68. The molecule has 4 heteroatoms. The van der Waals surface area contributed by atoms with Gasteiger partial charge in [0.05, 0.1) is 6.54 Å². The molecule has 144 valence electrons. The van der Waals surface area contributed by atoms with Crippen LogP contribution < -0.4 is 14.8 Å². The average Bonchev–Trinajstić information content (AvgIpc) is 2.72. The molecule has 3 rings (SSSR count). The van der Waals surface area contributed by atoms with Gasteiger partial charge < -0.3 is 14.8 Å². The first-order chi connectivity index (χ1) is 13.6. The molecule has 0 unspecified atom stereocenters. The van der Waals surface area contributed by atoms with Crippen LogP contribution in [0.5, 0.6) is 11.5 Å². The monoisotopic (exact) mass is 375 g/mol. The van der Waals surface area contributed by atoms with Gasteiger partial charge in [-0.3, -0.25) is 4.79 Å². The fraction of sp³-hybridized carbons (Fsp3) is 0.208. The van der Waals surface area contributed by atoms with E-state index in [2.05, 4.69) is 18.3 Å². The van der Waals surface area contributed by atoms with Crippen LogP contribution in [0.4, 0.5) is 0 Å². The van der Waals surface area contributed by atoms with E-state index in [-0.39, 0.29) is 5.91 Å². The minimum Gasteiger partial charge on any atom is -0.491 e. The van der Waals surface area contributed by atoms with Crippen molar-refractivity contribution >= 4 is 5.91 Å². The first-order valence-corrected chi connectivity index (χ1v) is 9.37. The van der Waals surface area contributed by atoms with Crippen molar-refractivity contribution in [2.75, 3.05) is 13.2 Å². The van der Waals surface area contributed by atoms with Crippen molar-refractivity contribution in [2.24, 2.45) is 0 Å². The number of benzene rings is 3. The van der Waals surface area contributed by atoms with Crippen LogP contribution in [-0.4, -0.2) is 19.1 Å². The van der Waals surface area contributed by atoms with Crippen LogP contribution in [-0.2, 0) is 6.61 Å². The molecule has 1 N–H and O–H groups in total. The maximum atomic E-state index is 12.4. The Morgan fingerprint density at radius 1 is 0.893 bits per heavy atom. The minimum atomic E-state index is -0.144. The Morgan fingerprint density at radius 2 is 1.71 bits per heavy atom. The van der Waals surface area contributed by atoms with E-state index in [1.165, 1.54) is 5.56 Å². The highest BCUT2D eigenvalue weighted by Gasteiger charge is 2.07. The smallest absolute Gasteiger partial charge is 0.251 e. The summed E-state index contributed by atoms with van der Waals surface area (Å²) < 4.78 is 11.5. The lowest BCUT2D eigenvalue weighted by molar-refractivity contribution is 0.0946. The van der Waals surface area contributed by atoms with Gasteiger partial charge in [-0.05, 0) is 49.2 Å². The number of hydrogen-bond acceptors (Lipinski definition) is 3. The van der Waals surface area contributed by atoms with Crippen molar-refractivity contribution in [3.8, 4) is 11.5 Å². The standard InChI is InChI=1S/C24H25NO3/c1-18-11-12-23(19(2)15-18)27-14-13-25-24(26)21-9-6-10-22(16-21)28-17-20-7-4-3-5-8-20/h3-12,15-16H,13-14,17H2,1-2H3,(H,25,26). The summed E-state index contributed by atoms with van der Waals surface area (Å²) in [6.07, 6.45) is 0. The number of nitrogens with one attached hydrogen (secondary N) is 1. The number of amides is 1. The normalized spacial score (nSPS) is 10.4. The minimum absolute atomic E-state index is 0.144. The number of rotatable bonds is 8. The van der Waals surface area contributed by atoms with Gasteiger partial charge in [-0.25, -0.2) is 0 Å². The molecule has 4 nitrogen and oxygen atoms in total. The van der Waals surface area contributed by atoms with E-state index in [1.807, 2.05) is 61.5 Å². The molecule has 0 aliphatic rings. The first-order valence-electron chi connectivity index (χ1n) is 9.37. The van der Waals surface area contributed by atoms with Gasteiger partial charge >= 0.3 is 0 Å². The van der Waals surface area contributed by atoms with Crippen molar-refractivity contribution < 1.29 is 14.3 Å². The molecule has 28 heavy (non-hydrogen) atoms. The van der Waals surface area contributed by atoms with Gasteiger partial charge in [0.2, 0.25) is 0 Å². The Labute approximate surface area is 166 Å². The highest BCUT2D eigenvalue weighted by molar-refractivity contribution is 5.94. The Hall–Kier alpha value is -3.27. The third kappa shape index (κ3) is 5.61. The topological polar surface area (TPSA) is 47.6 Å². The summed E-state index contributed by atoms with van der Waals surface area (Å²) in [5, 5.41) is 2.88. The number of carbonyl (C=O) groups excluding carboxylic acids is 1. The van der Waals surface area contributed by atoms with Gasteiger partial charge in [0, 0.05) is 5.56 Å². The molecule has 1 amide bonds. The fourth-order valence-corrected chi connectivity index (χ4v) is 2.86. The lowest BCUT2D eigenvalue weighted by Crippen LogP contribution is -2.28. The van der Waals surface area contributed by atoms with Crippen molar-refractivity contribution in [1.29, 1.82) is 0 Å². The summed E-state index contributed by atoms with van der Waals surface area (Å²) in [7, 11) is 0. The molecule has 0 saturated carbocycles. The van der Waals surface area contributed by atoms with Crippen LogP contribution in [0.2, 0.25) is 0 Å². The predicted molar refractivity (Wildman–Crippen MR) is 111 cm³/mol. The third-order valence-corrected chi connectivity index (χ3v) is 4.32. The van der Waals surface area contributed by atoms with Crippen molar-refractivity contribution in [3.63, 3.8) is 0 Å². The lowest BCUT2D eigenvalue weighted by Gasteiger charge is -2.11. The molecular weight excluding hydrogens is 350 g/mol. The van der Waals surface area contributed by atoms with Crippen LogP contribution in [0, 0.1) is 13.8 Å². The lowest BCUT2D eigenvalue weighted by atomic mass is 10.1. The summed E-state index contributed by atoms with van der Waals surface area (Å²) in [6.45, 7) is 5.38. The van der Waals surface area contributed by atoms with Gasteiger partial charge in [-0.1, -0.05) is 54.1 Å². The molecule has 0 radical (unpaired) electrons. The van der Waals surface area contributed by atoms with Crippen LogP contribution in [0.3, 0.4) is 0 Å². The Morgan fingerprint density at radius 3 is 2.50 bits per heavy atom.